The Balaban J connectivity index is 1.82. The number of carbonyl (C=O) groups is 1. The summed E-state index contributed by atoms with van der Waals surface area (Å²) in [6.45, 7) is 1.40. The van der Waals surface area contributed by atoms with Crippen LogP contribution in [0.1, 0.15) is 12.1 Å². The number of hydrogen-bond donors (Lipinski definition) is 1. The zero-order chi connectivity index (χ0) is 14.3. The summed E-state index contributed by atoms with van der Waals surface area (Å²) in [6, 6.07) is 0. The first-order chi connectivity index (χ1) is 9.61. The Hall–Kier alpha value is -1.76. The first kappa shape index (κ1) is 13.2. The van der Waals surface area contributed by atoms with Crippen LogP contribution in [-0.4, -0.2) is 41.6 Å². The van der Waals surface area contributed by atoms with E-state index in [2.05, 4.69) is 9.98 Å². The molecule has 2 aliphatic rings. The Kier molecular flexibility index (Phi) is 3.29. The first-order valence-electron chi connectivity index (χ1n) is 6.42. The van der Waals surface area contributed by atoms with Crippen LogP contribution in [0.25, 0.3) is 5.70 Å². The fourth-order valence-electron chi connectivity index (χ4n) is 2.59. The SMILES string of the molecule is CN=C(C(=O)N1CC2CC2C1)/C(F)=C(\N)c1cscn1. The second-order valence-electron chi connectivity index (χ2n) is 5.14. The summed E-state index contributed by atoms with van der Waals surface area (Å²) in [5.41, 5.74) is 7.29. The van der Waals surface area contributed by atoms with Crippen LogP contribution in [0, 0.1) is 11.8 Å². The molecule has 0 spiro atoms. The lowest BCUT2D eigenvalue weighted by Crippen LogP contribution is -2.37. The molecule has 1 aromatic rings. The van der Waals surface area contributed by atoms with E-state index in [1.165, 1.54) is 24.8 Å². The minimum atomic E-state index is -0.788. The molecule has 1 saturated carbocycles. The van der Waals surface area contributed by atoms with Gasteiger partial charge in [0.25, 0.3) is 5.91 Å². The lowest BCUT2D eigenvalue weighted by Gasteiger charge is -2.18. The van der Waals surface area contributed by atoms with Gasteiger partial charge in [0.05, 0.1) is 16.9 Å². The molecule has 0 bridgehead atoms. The topological polar surface area (TPSA) is 71.6 Å². The molecule has 2 N–H and O–H groups in total. The second-order valence-corrected chi connectivity index (χ2v) is 5.86. The van der Waals surface area contributed by atoms with Crippen molar-refractivity contribution < 1.29 is 9.18 Å². The van der Waals surface area contributed by atoms with Gasteiger partial charge in [-0.25, -0.2) is 9.37 Å². The molecule has 2 unspecified atom stereocenters. The summed E-state index contributed by atoms with van der Waals surface area (Å²) >= 11 is 1.32. The third-order valence-electron chi connectivity index (χ3n) is 3.84. The van der Waals surface area contributed by atoms with E-state index in [1.807, 2.05) is 0 Å². The van der Waals surface area contributed by atoms with Gasteiger partial charge in [0.1, 0.15) is 0 Å². The standard InChI is InChI=1S/C13H15FN4OS/c1-16-12(10(14)11(15)9-5-20-6-17-9)13(19)18-3-7-2-8(7)4-18/h5-8H,2-4,15H2,1H3/b11-10+,16-12?. The Bertz CT molecular complexity index is 586. The van der Waals surface area contributed by atoms with Gasteiger partial charge < -0.3 is 10.6 Å². The molecular formula is C13H15FN4OS. The zero-order valence-corrected chi connectivity index (χ0v) is 11.9. The van der Waals surface area contributed by atoms with E-state index < -0.39 is 5.83 Å². The van der Waals surface area contributed by atoms with Gasteiger partial charge in [-0.05, 0) is 18.3 Å². The number of aliphatic imine (C=N–C) groups is 1. The summed E-state index contributed by atoms with van der Waals surface area (Å²) in [7, 11) is 1.40. The normalized spacial score (nSPS) is 26.3. The Morgan fingerprint density at radius 1 is 1.55 bits per heavy atom. The van der Waals surface area contributed by atoms with Crippen molar-refractivity contribution in [3.05, 3.63) is 22.4 Å². The lowest BCUT2D eigenvalue weighted by molar-refractivity contribution is -0.123. The summed E-state index contributed by atoms with van der Waals surface area (Å²) < 4.78 is 14.4. The summed E-state index contributed by atoms with van der Waals surface area (Å²) in [6.07, 6.45) is 1.18. The van der Waals surface area contributed by atoms with E-state index in [0.29, 0.717) is 30.6 Å². The monoisotopic (exact) mass is 294 g/mol. The maximum atomic E-state index is 14.4. The molecule has 1 saturated heterocycles. The Morgan fingerprint density at radius 2 is 2.25 bits per heavy atom. The predicted molar refractivity (Wildman–Crippen MR) is 75.9 cm³/mol. The number of carbonyl (C=O) groups excluding carboxylic acids is 1. The molecule has 1 aromatic heterocycles. The molecule has 106 valence electrons. The average Bonchev–Trinajstić information content (AvgIpc) is 2.89. The van der Waals surface area contributed by atoms with E-state index in [9.17, 15) is 9.18 Å². The van der Waals surface area contributed by atoms with Crippen LogP contribution in [0.2, 0.25) is 0 Å². The van der Waals surface area contributed by atoms with Crippen molar-refractivity contribution in [3.8, 4) is 0 Å². The van der Waals surface area contributed by atoms with E-state index in [0.717, 1.165) is 0 Å². The number of rotatable bonds is 3. The molecule has 1 aliphatic carbocycles. The van der Waals surface area contributed by atoms with E-state index >= 15 is 0 Å². The molecule has 2 heterocycles. The second kappa shape index (κ2) is 4.97. The van der Waals surface area contributed by atoms with Crippen LogP contribution in [0.4, 0.5) is 4.39 Å². The third-order valence-corrected chi connectivity index (χ3v) is 4.43. The fraction of sp³-hybridized carbons (Fsp3) is 0.462. The van der Waals surface area contributed by atoms with Gasteiger partial charge in [-0.2, -0.15) is 0 Å². The molecule has 3 rings (SSSR count). The third kappa shape index (κ3) is 2.22. The Morgan fingerprint density at radius 3 is 2.80 bits per heavy atom. The molecule has 20 heavy (non-hydrogen) atoms. The van der Waals surface area contributed by atoms with Crippen LogP contribution < -0.4 is 5.73 Å². The summed E-state index contributed by atoms with van der Waals surface area (Å²) in [5, 5.41) is 1.64. The molecule has 5 nitrogen and oxygen atoms in total. The highest BCUT2D eigenvalue weighted by atomic mass is 32.1. The van der Waals surface area contributed by atoms with Crippen LogP contribution in [0.15, 0.2) is 21.7 Å². The van der Waals surface area contributed by atoms with Gasteiger partial charge in [-0.3, -0.25) is 9.79 Å². The van der Waals surface area contributed by atoms with E-state index in [4.69, 9.17) is 5.73 Å². The quantitative estimate of drug-likeness (QED) is 0.854. The van der Waals surface area contributed by atoms with Crippen LogP contribution in [0.5, 0.6) is 0 Å². The van der Waals surface area contributed by atoms with Crippen molar-refractivity contribution in [1.82, 2.24) is 9.88 Å². The number of thiazole rings is 1. The predicted octanol–water partition coefficient (Wildman–Crippen LogP) is 1.29. The maximum absolute atomic E-state index is 14.4. The minimum Gasteiger partial charge on any atom is -0.395 e. The van der Waals surface area contributed by atoms with Gasteiger partial charge >= 0.3 is 0 Å². The number of hydrogen-bond acceptors (Lipinski definition) is 5. The van der Waals surface area contributed by atoms with Crippen LogP contribution in [-0.2, 0) is 4.79 Å². The van der Waals surface area contributed by atoms with Crippen molar-refractivity contribution >= 4 is 28.7 Å². The molecule has 7 heteroatoms. The van der Waals surface area contributed by atoms with Crippen molar-refractivity contribution in [3.63, 3.8) is 0 Å². The minimum absolute atomic E-state index is 0.135. The number of nitrogens with two attached hydrogens (primary N) is 1. The zero-order valence-electron chi connectivity index (χ0n) is 11.0. The van der Waals surface area contributed by atoms with Crippen LogP contribution in [0.3, 0.4) is 0 Å². The first-order valence-corrected chi connectivity index (χ1v) is 7.36. The highest BCUT2D eigenvalue weighted by Crippen LogP contribution is 2.45. The molecule has 0 radical (unpaired) electrons. The van der Waals surface area contributed by atoms with E-state index in [-0.39, 0.29) is 17.3 Å². The number of halogens is 1. The molecule has 1 amide bonds. The van der Waals surface area contributed by atoms with Crippen LogP contribution >= 0.6 is 11.3 Å². The summed E-state index contributed by atoms with van der Waals surface area (Å²) in [4.78, 5) is 21.7. The van der Waals surface area contributed by atoms with Crippen molar-refractivity contribution in [1.29, 1.82) is 0 Å². The van der Waals surface area contributed by atoms with Gasteiger partial charge in [0, 0.05) is 25.5 Å². The molecular weight excluding hydrogens is 279 g/mol. The van der Waals surface area contributed by atoms with Crippen molar-refractivity contribution in [2.45, 2.75) is 6.42 Å². The largest absolute Gasteiger partial charge is 0.395 e. The van der Waals surface area contributed by atoms with E-state index in [1.54, 1.807) is 15.8 Å². The maximum Gasteiger partial charge on any atom is 0.275 e. The highest BCUT2D eigenvalue weighted by Gasteiger charge is 2.47. The molecule has 2 fully saturated rings. The van der Waals surface area contributed by atoms with Crippen molar-refractivity contribution in [2.24, 2.45) is 22.6 Å². The molecule has 2 atom stereocenters. The molecule has 0 aromatic carbocycles. The molecule has 1 aliphatic heterocycles. The smallest absolute Gasteiger partial charge is 0.275 e. The number of nitrogens with zero attached hydrogens (tertiary/aromatic N) is 3. The van der Waals surface area contributed by atoms with Gasteiger partial charge in [0.15, 0.2) is 11.5 Å². The number of fused-ring (bicyclic) bond motifs is 1. The highest BCUT2D eigenvalue weighted by molar-refractivity contribution is 7.07. The lowest BCUT2D eigenvalue weighted by atomic mass is 10.2. The number of likely N-dealkylation sites (tertiary alicyclic amines) is 1. The van der Waals surface area contributed by atoms with Gasteiger partial charge in [-0.1, -0.05) is 0 Å². The van der Waals surface area contributed by atoms with Gasteiger partial charge in [-0.15, -0.1) is 11.3 Å². The Labute approximate surface area is 120 Å². The van der Waals surface area contributed by atoms with Crippen molar-refractivity contribution in [2.75, 3.05) is 20.1 Å². The number of aromatic nitrogens is 1. The average molecular weight is 294 g/mol. The fourth-order valence-corrected chi connectivity index (χ4v) is 3.14. The number of piperidine rings is 1. The van der Waals surface area contributed by atoms with Gasteiger partial charge in [0.2, 0.25) is 0 Å². The summed E-state index contributed by atoms with van der Waals surface area (Å²) in [5.74, 6) is 0.0271. The number of amides is 1.